The number of para-hydroxylation sites is 2. The lowest BCUT2D eigenvalue weighted by Crippen LogP contribution is -2.10. The Morgan fingerprint density at radius 1 is 0.774 bits per heavy atom. The van der Waals surface area contributed by atoms with E-state index < -0.39 is 0 Å². The Kier molecular flexibility index (Phi) is 4.66. The van der Waals surface area contributed by atoms with Gasteiger partial charge in [-0.2, -0.15) is 0 Å². The molecule has 3 aromatic carbocycles. The lowest BCUT2D eigenvalue weighted by Gasteiger charge is -2.20. The highest BCUT2D eigenvalue weighted by Crippen LogP contribution is 2.39. The second kappa shape index (κ2) is 7.39. The van der Waals surface area contributed by atoms with Crippen LogP contribution in [-0.4, -0.2) is 4.98 Å². The van der Waals surface area contributed by atoms with Crippen molar-refractivity contribution in [3.8, 4) is 22.4 Å². The zero-order valence-corrected chi connectivity index (χ0v) is 18.6. The quantitative estimate of drug-likeness (QED) is 0.302. The van der Waals surface area contributed by atoms with Crippen LogP contribution >= 0.6 is 0 Å². The van der Waals surface area contributed by atoms with E-state index in [0.717, 1.165) is 50.7 Å². The molecule has 0 bridgehead atoms. The third-order valence-electron chi connectivity index (χ3n) is 5.82. The molecule has 2 heterocycles. The molecule has 2 heteroatoms. The summed E-state index contributed by atoms with van der Waals surface area (Å²) in [6, 6.07) is 25.4. The first-order chi connectivity index (χ1) is 14.9. The number of benzene rings is 3. The first-order valence-electron chi connectivity index (χ1n) is 10.9. The van der Waals surface area contributed by atoms with E-state index in [2.05, 4.69) is 94.4 Å². The SMILES string of the molecule is Cc1cnc(-c2cccc3c2oc2c(-c4ccccc4)cccc23)cc1CC(C)(C)C. The summed E-state index contributed by atoms with van der Waals surface area (Å²) in [6.45, 7) is 8.97. The molecule has 0 fully saturated rings. The monoisotopic (exact) mass is 405 g/mol. The fourth-order valence-electron chi connectivity index (χ4n) is 4.34. The highest BCUT2D eigenvalue weighted by Gasteiger charge is 2.18. The molecule has 154 valence electrons. The summed E-state index contributed by atoms with van der Waals surface area (Å²) < 4.78 is 6.55. The Morgan fingerprint density at radius 2 is 1.42 bits per heavy atom. The van der Waals surface area contributed by atoms with Crippen LogP contribution in [0.3, 0.4) is 0 Å². The summed E-state index contributed by atoms with van der Waals surface area (Å²) in [5.74, 6) is 0. The maximum absolute atomic E-state index is 6.55. The fraction of sp³-hybridized carbons (Fsp3) is 0.207. The molecule has 0 amide bonds. The zero-order chi connectivity index (χ0) is 21.6. The molecule has 2 nitrogen and oxygen atoms in total. The van der Waals surface area contributed by atoms with E-state index >= 15 is 0 Å². The molecule has 0 atom stereocenters. The summed E-state index contributed by atoms with van der Waals surface area (Å²) in [4.78, 5) is 4.78. The second-order valence-electron chi connectivity index (χ2n) is 9.57. The molecule has 0 saturated carbocycles. The van der Waals surface area contributed by atoms with Crippen LogP contribution in [-0.2, 0) is 6.42 Å². The average molecular weight is 406 g/mol. The van der Waals surface area contributed by atoms with E-state index in [-0.39, 0.29) is 5.41 Å². The third-order valence-corrected chi connectivity index (χ3v) is 5.82. The number of fused-ring (bicyclic) bond motifs is 3. The lowest BCUT2D eigenvalue weighted by molar-refractivity contribution is 0.410. The largest absolute Gasteiger partial charge is 0.455 e. The van der Waals surface area contributed by atoms with Crippen LogP contribution in [0, 0.1) is 12.3 Å². The van der Waals surface area contributed by atoms with Gasteiger partial charge in [-0.05, 0) is 47.6 Å². The predicted octanol–water partition coefficient (Wildman–Crippen LogP) is 8.21. The topological polar surface area (TPSA) is 26.0 Å². The van der Waals surface area contributed by atoms with Gasteiger partial charge in [-0.3, -0.25) is 4.98 Å². The van der Waals surface area contributed by atoms with Gasteiger partial charge in [0.15, 0.2) is 0 Å². The summed E-state index contributed by atoms with van der Waals surface area (Å²) in [5, 5.41) is 2.27. The van der Waals surface area contributed by atoms with Crippen LogP contribution in [0.4, 0.5) is 0 Å². The van der Waals surface area contributed by atoms with E-state index in [1.165, 1.54) is 11.1 Å². The first kappa shape index (κ1) is 19.6. The Labute approximate surface area is 183 Å². The van der Waals surface area contributed by atoms with Crippen molar-refractivity contribution in [3.63, 3.8) is 0 Å². The summed E-state index contributed by atoms with van der Waals surface area (Å²) in [6.07, 6.45) is 3.01. The maximum Gasteiger partial charge on any atom is 0.144 e. The van der Waals surface area contributed by atoms with Gasteiger partial charge in [0.25, 0.3) is 0 Å². The Bertz CT molecular complexity index is 1390. The molecule has 5 rings (SSSR count). The van der Waals surface area contributed by atoms with Crippen molar-refractivity contribution in [1.82, 2.24) is 4.98 Å². The van der Waals surface area contributed by atoms with Crippen molar-refractivity contribution < 1.29 is 4.42 Å². The number of aromatic nitrogens is 1. The number of furan rings is 1. The molecule has 0 aliphatic heterocycles. The third kappa shape index (κ3) is 3.63. The molecule has 0 aliphatic rings. The molecule has 31 heavy (non-hydrogen) atoms. The van der Waals surface area contributed by atoms with Crippen LogP contribution < -0.4 is 0 Å². The summed E-state index contributed by atoms with van der Waals surface area (Å²) in [5.41, 5.74) is 8.92. The highest BCUT2D eigenvalue weighted by molar-refractivity contribution is 6.12. The van der Waals surface area contributed by atoms with Gasteiger partial charge in [0, 0.05) is 28.1 Å². The molecule has 5 aromatic rings. The highest BCUT2D eigenvalue weighted by atomic mass is 16.3. The van der Waals surface area contributed by atoms with Gasteiger partial charge in [-0.15, -0.1) is 0 Å². The number of rotatable bonds is 3. The van der Waals surface area contributed by atoms with E-state index in [1.54, 1.807) is 0 Å². The van der Waals surface area contributed by atoms with Crippen molar-refractivity contribution in [3.05, 3.63) is 90.1 Å². The molecule has 0 radical (unpaired) electrons. The lowest BCUT2D eigenvalue weighted by atomic mass is 9.86. The molecule has 0 N–H and O–H groups in total. The van der Waals surface area contributed by atoms with Gasteiger partial charge < -0.3 is 4.42 Å². The van der Waals surface area contributed by atoms with Crippen molar-refractivity contribution in [2.75, 3.05) is 0 Å². The predicted molar refractivity (Wildman–Crippen MR) is 130 cm³/mol. The van der Waals surface area contributed by atoms with Crippen LogP contribution in [0.25, 0.3) is 44.3 Å². The van der Waals surface area contributed by atoms with Gasteiger partial charge in [-0.25, -0.2) is 0 Å². The van der Waals surface area contributed by atoms with Gasteiger partial charge in [-0.1, -0.05) is 81.4 Å². The van der Waals surface area contributed by atoms with E-state index in [4.69, 9.17) is 9.40 Å². The minimum absolute atomic E-state index is 0.222. The number of aryl methyl sites for hydroxylation is 1. The molecular weight excluding hydrogens is 378 g/mol. The number of hydrogen-bond donors (Lipinski definition) is 0. The van der Waals surface area contributed by atoms with Crippen molar-refractivity contribution in [2.45, 2.75) is 34.1 Å². The van der Waals surface area contributed by atoms with Crippen LogP contribution in [0.1, 0.15) is 31.9 Å². The molecule has 2 aromatic heterocycles. The summed E-state index contributed by atoms with van der Waals surface area (Å²) in [7, 11) is 0. The van der Waals surface area contributed by atoms with Gasteiger partial charge in [0.05, 0.1) is 5.69 Å². The Morgan fingerprint density at radius 3 is 2.10 bits per heavy atom. The van der Waals surface area contributed by atoms with Crippen molar-refractivity contribution in [1.29, 1.82) is 0 Å². The number of nitrogens with zero attached hydrogens (tertiary/aromatic N) is 1. The molecule has 0 unspecified atom stereocenters. The minimum atomic E-state index is 0.222. The Balaban J connectivity index is 1.72. The van der Waals surface area contributed by atoms with Gasteiger partial charge >= 0.3 is 0 Å². The molecule has 0 aliphatic carbocycles. The van der Waals surface area contributed by atoms with Gasteiger partial charge in [0.1, 0.15) is 11.2 Å². The van der Waals surface area contributed by atoms with Crippen molar-refractivity contribution >= 4 is 21.9 Å². The van der Waals surface area contributed by atoms with E-state index in [0.29, 0.717) is 0 Å². The number of hydrogen-bond acceptors (Lipinski definition) is 2. The minimum Gasteiger partial charge on any atom is -0.455 e. The standard InChI is InChI=1S/C29H27NO/c1-19-18-30-26(16-21(19)17-29(2,3)4)25-15-9-14-24-23-13-8-12-22(27(23)31-28(24)25)20-10-6-5-7-11-20/h5-16,18H,17H2,1-4H3. The molecular formula is C29H27NO. The summed E-state index contributed by atoms with van der Waals surface area (Å²) >= 11 is 0. The van der Waals surface area contributed by atoms with Crippen LogP contribution in [0.2, 0.25) is 0 Å². The number of pyridine rings is 1. The normalized spacial score (nSPS) is 12.0. The van der Waals surface area contributed by atoms with Crippen molar-refractivity contribution in [2.24, 2.45) is 5.41 Å². The first-order valence-corrected chi connectivity index (χ1v) is 10.9. The smallest absolute Gasteiger partial charge is 0.144 e. The van der Waals surface area contributed by atoms with Crippen LogP contribution in [0.5, 0.6) is 0 Å². The molecule has 0 spiro atoms. The van der Waals surface area contributed by atoms with E-state index in [9.17, 15) is 0 Å². The fourth-order valence-corrected chi connectivity index (χ4v) is 4.34. The average Bonchev–Trinajstić information content (AvgIpc) is 3.14. The van der Waals surface area contributed by atoms with Crippen LogP contribution in [0.15, 0.2) is 83.4 Å². The Hall–Kier alpha value is -3.39. The molecule has 0 saturated heterocycles. The van der Waals surface area contributed by atoms with E-state index in [1.807, 2.05) is 12.3 Å². The van der Waals surface area contributed by atoms with Gasteiger partial charge in [0.2, 0.25) is 0 Å². The second-order valence-corrected chi connectivity index (χ2v) is 9.57. The maximum atomic E-state index is 6.55. The zero-order valence-electron chi connectivity index (χ0n) is 18.6.